The van der Waals surface area contributed by atoms with Gasteiger partial charge in [0.1, 0.15) is 23.4 Å². The number of ether oxygens (including phenoxy) is 3. The van der Waals surface area contributed by atoms with Gasteiger partial charge in [0.2, 0.25) is 0 Å². The largest absolute Gasteiger partial charge is 0.497 e. The SMILES string of the molecule is COCCNC(=O)c1ccc(OC)cc1OC1CCN(CC(C)=Cc2ccco2)CC1. The molecule has 0 bridgehead atoms. The second-order valence-electron chi connectivity index (χ2n) is 7.71. The third kappa shape index (κ3) is 6.87. The van der Waals surface area contributed by atoms with E-state index in [-0.39, 0.29) is 12.0 Å². The number of carbonyl (C=O) groups excluding carboxylic acids is 1. The summed E-state index contributed by atoms with van der Waals surface area (Å²) in [6.45, 7) is 5.81. The van der Waals surface area contributed by atoms with E-state index in [9.17, 15) is 4.79 Å². The van der Waals surface area contributed by atoms with Crippen molar-refractivity contribution in [2.45, 2.75) is 25.9 Å². The van der Waals surface area contributed by atoms with E-state index in [4.69, 9.17) is 18.6 Å². The van der Waals surface area contributed by atoms with Gasteiger partial charge in [-0.2, -0.15) is 0 Å². The zero-order chi connectivity index (χ0) is 22.1. The molecule has 3 rings (SSSR count). The van der Waals surface area contributed by atoms with Crippen LogP contribution in [-0.2, 0) is 4.74 Å². The molecule has 0 saturated carbocycles. The standard InChI is InChI=1S/C24H32N2O5/c1-18(15-21-5-4-13-30-21)17-26-11-8-19(9-12-26)31-23-16-20(29-3)6-7-22(23)24(27)25-10-14-28-2/h4-7,13,15-16,19H,8-12,14,17H2,1-3H3,(H,25,27). The van der Waals surface area contributed by atoms with Crippen LogP contribution in [-0.4, -0.2) is 63.9 Å². The number of nitrogens with one attached hydrogen (secondary N) is 1. The molecule has 2 heterocycles. The lowest BCUT2D eigenvalue weighted by Gasteiger charge is -2.32. The van der Waals surface area contributed by atoms with E-state index >= 15 is 0 Å². The van der Waals surface area contributed by atoms with Crippen molar-refractivity contribution < 1.29 is 23.4 Å². The van der Waals surface area contributed by atoms with Gasteiger partial charge in [-0.05, 0) is 50.1 Å². The van der Waals surface area contributed by atoms with Crippen molar-refractivity contribution in [3.8, 4) is 11.5 Å². The van der Waals surface area contributed by atoms with E-state index < -0.39 is 0 Å². The maximum atomic E-state index is 12.6. The number of hydrogen-bond acceptors (Lipinski definition) is 6. The number of furan rings is 1. The van der Waals surface area contributed by atoms with Gasteiger partial charge in [-0.3, -0.25) is 9.69 Å². The highest BCUT2D eigenvalue weighted by Gasteiger charge is 2.23. The van der Waals surface area contributed by atoms with Crippen LogP contribution in [0.4, 0.5) is 0 Å². The Kier molecular flexibility index (Phi) is 8.55. The van der Waals surface area contributed by atoms with E-state index in [1.54, 1.807) is 38.7 Å². The molecule has 0 spiro atoms. The molecule has 0 aliphatic carbocycles. The van der Waals surface area contributed by atoms with Gasteiger partial charge in [0, 0.05) is 39.4 Å². The monoisotopic (exact) mass is 428 g/mol. The van der Waals surface area contributed by atoms with Crippen molar-refractivity contribution >= 4 is 12.0 Å². The first-order chi connectivity index (χ1) is 15.1. The zero-order valence-electron chi connectivity index (χ0n) is 18.6. The summed E-state index contributed by atoms with van der Waals surface area (Å²) in [4.78, 5) is 15.0. The number of hydrogen-bond donors (Lipinski definition) is 1. The molecule has 1 saturated heterocycles. The van der Waals surface area contributed by atoms with Crippen LogP contribution >= 0.6 is 0 Å². The summed E-state index contributed by atoms with van der Waals surface area (Å²) in [5, 5.41) is 2.85. The normalized spacial score (nSPS) is 15.6. The van der Waals surface area contributed by atoms with Crippen molar-refractivity contribution in [1.82, 2.24) is 10.2 Å². The number of likely N-dealkylation sites (tertiary alicyclic amines) is 1. The molecule has 1 amide bonds. The fraction of sp³-hybridized carbons (Fsp3) is 0.458. The van der Waals surface area contributed by atoms with Crippen LogP contribution in [0.5, 0.6) is 11.5 Å². The average molecular weight is 429 g/mol. The average Bonchev–Trinajstić information content (AvgIpc) is 3.28. The van der Waals surface area contributed by atoms with Gasteiger partial charge >= 0.3 is 0 Å². The molecule has 1 aromatic heterocycles. The number of rotatable bonds is 10. The summed E-state index contributed by atoms with van der Waals surface area (Å²) in [5.41, 5.74) is 1.77. The Labute approximate surface area is 184 Å². The third-order valence-electron chi connectivity index (χ3n) is 5.26. The van der Waals surface area contributed by atoms with Crippen molar-refractivity contribution in [2.75, 3.05) is 47.0 Å². The van der Waals surface area contributed by atoms with E-state index in [1.165, 1.54) is 5.57 Å². The van der Waals surface area contributed by atoms with Gasteiger partial charge in [-0.1, -0.05) is 5.57 Å². The van der Waals surface area contributed by atoms with E-state index in [0.717, 1.165) is 38.2 Å². The second-order valence-corrected chi connectivity index (χ2v) is 7.71. The molecular weight excluding hydrogens is 396 g/mol. The van der Waals surface area contributed by atoms with Crippen LogP contribution in [0, 0.1) is 0 Å². The summed E-state index contributed by atoms with van der Waals surface area (Å²) < 4.78 is 22.0. The van der Waals surface area contributed by atoms with Crippen LogP contribution in [0.3, 0.4) is 0 Å². The minimum Gasteiger partial charge on any atom is -0.497 e. The maximum absolute atomic E-state index is 12.6. The molecule has 0 radical (unpaired) electrons. The number of nitrogens with zero attached hydrogens (tertiary/aromatic N) is 1. The van der Waals surface area contributed by atoms with Crippen molar-refractivity contribution in [2.24, 2.45) is 0 Å². The lowest BCUT2D eigenvalue weighted by molar-refractivity contribution is 0.0903. The Bertz CT molecular complexity index is 855. The minimum absolute atomic E-state index is 0.0586. The van der Waals surface area contributed by atoms with Crippen LogP contribution in [0.2, 0.25) is 0 Å². The first-order valence-electron chi connectivity index (χ1n) is 10.6. The first-order valence-corrected chi connectivity index (χ1v) is 10.6. The van der Waals surface area contributed by atoms with Gasteiger partial charge in [-0.15, -0.1) is 0 Å². The molecule has 7 nitrogen and oxygen atoms in total. The number of amides is 1. The van der Waals surface area contributed by atoms with E-state index in [2.05, 4.69) is 23.2 Å². The smallest absolute Gasteiger partial charge is 0.255 e. The van der Waals surface area contributed by atoms with Crippen LogP contribution in [0.1, 0.15) is 35.9 Å². The van der Waals surface area contributed by atoms with Crippen LogP contribution in [0.25, 0.3) is 6.08 Å². The molecule has 31 heavy (non-hydrogen) atoms. The molecule has 2 aromatic rings. The molecule has 1 N–H and O–H groups in total. The predicted molar refractivity (Wildman–Crippen MR) is 120 cm³/mol. The number of benzene rings is 1. The molecule has 1 aliphatic rings. The quantitative estimate of drug-likeness (QED) is 0.583. The van der Waals surface area contributed by atoms with Gasteiger partial charge in [-0.25, -0.2) is 0 Å². The van der Waals surface area contributed by atoms with Crippen molar-refractivity contribution in [3.05, 3.63) is 53.5 Å². The summed E-state index contributed by atoms with van der Waals surface area (Å²) in [7, 11) is 3.21. The summed E-state index contributed by atoms with van der Waals surface area (Å²) in [5.74, 6) is 1.93. The molecule has 0 atom stereocenters. The first kappa shape index (κ1) is 22.9. The molecule has 168 valence electrons. The number of carbonyl (C=O) groups is 1. The summed E-state index contributed by atoms with van der Waals surface area (Å²) in [6.07, 6.45) is 5.62. The Morgan fingerprint density at radius 2 is 2.06 bits per heavy atom. The van der Waals surface area contributed by atoms with E-state index in [0.29, 0.717) is 30.2 Å². The van der Waals surface area contributed by atoms with Gasteiger partial charge in [0.25, 0.3) is 5.91 Å². The fourth-order valence-electron chi connectivity index (χ4n) is 3.66. The molecule has 1 fully saturated rings. The molecule has 7 heteroatoms. The van der Waals surface area contributed by atoms with Crippen LogP contribution in [0.15, 0.2) is 46.6 Å². The van der Waals surface area contributed by atoms with Gasteiger partial charge in [0.15, 0.2) is 0 Å². The number of methoxy groups -OCH3 is 2. The Morgan fingerprint density at radius 3 is 2.74 bits per heavy atom. The third-order valence-corrected chi connectivity index (χ3v) is 5.26. The molecule has 1 aromatic carbocycles. The maximum Gasteiger partial charge on any atom is 0.255 e. The predicted octanol–water partition coefficient (Wildman–Crippen LogP) is 3.61. The summed E-state index contributed by atoms with van der Waals surface area (Å²) >= 11 is 0. The lowest BCUT2D eigenvalue weighted by Crippen LogP contribution is -2.39. The van der Waals surface area contributed by atoms with Crippen molar-refractivity contribution in [1.29, 1.82) is 0 Å². The molecular formula is C24H32N2O5. The highest BCUT2D eigenvalue weighted by atomic mass is 16.5. The fourth-order valence-corrected chi connectivity index (χ4v) is 3.66. The Morgan fingerprint density at radius 1 is 1.26 bits per heavy atom. The van der Waals surface area contributed by atoms with Crippen molar-refractivity contribution in [3.63, 3.8) is 0 Å². The Hall–Kier alpha value is -2.77. The topological polar surface area (TPSA) is 73.2 Å². The summed E-state index contributed by atoms with van der Waals surface area (Å²) in [6, 6.07) is 9.16. The zero-order valence-corrected chi connectivity index (χ0v) is 18.6. The highest BCUT2D eigenvalue weighted by molar-refractivity contribution is 5.97. The highest BCUT2D eigenvalue weighted by Crippen LogP contribution is 2.28. The van der Waals surface area contributed by atoms with E-state index in [1.807, 2.05) is 12.1 Å². The van der Waals surface area contributed by atoms with Gasteiger partial charge < -0.3 is 23.9 Å². The lowest BCUT2D eigenvalue weighted by atomic mass is 10.1. The molecule has 0 unspecified atom stereocenters. The Balaban J connectivity index is 1.57. The molecule has 1 aliphatic heterocycles. The van der Waals surface area contributed by atoms with Gasteiger partial charge in [0.05, 0.1) is 25.5 Å². The number of piperidine rings is 1. The van der Waals surface area contributed by atoms with Crippen LogP contribution < -0.4 is 14.8 Å². The second kappa shape index (κ2) is 11.6. The minimum atomic E-state index is -0.175.